The Kier molecular flexibility index (Phi) is 3.35. The molecule has 0 bridgehead atoms. The number of hydrogen-bond donors (Lipinski definition) is 1. The Bertz CT molecular complexity index is 807. The summed E-state index contributed by atoms with van der Waals surface area (Å²) in [6.07, 6.45) is 7.45. The van der Waals surface area contributed by atoms with Gasteiger partial charge in [-0.2, -0.15) is 0 Å². The van der Waals surface area contributed by atoms with Crippen LogP contribution in [0.4, 0.5) is 0 Å². The fourth-order valence-electron chi connectivity index (χ4n) is 3.58. The highest BCUT2D eigenvalue weighted by molar-refractivity contribution is 7.89. The van der Waals surface area contributed by atoms with Crippen molar-refractivity contribution < 1.29 is 12.8 Å². The van der Waals surface area contributed by atoms with Crippen molar-refractivity contribution in [3.05, 3.63) is 53.0 Å². The van der Waals surface area contributed by atoms with Crippen LogP contribution in [0, 0.1) is 0 Å². The van der Waals surface area contributed by atoms with Crippen molar-refractivity contribution in [3.8, 4) is 0 Å². The number of sulfonamides is 1. The van der Waals surface area contributed by atoms with Crippen LogP contribution in [0.15, 0.2) is 39.8 Å². The summed E-state index contributed by atoms with van der Waals surface area (Å²) in [7, 11) is -3.49. The Morgan fingerprint density at radius 1 is 1.05 bits per heavy atom. The Morgan fingerprint density at radius 2 is 1.91 bits per heavy atom. The molecule has 1 heterocycles. The molecule has 4 rings (SSSR count). The monoisotopic (exact) mass is 317 g/mol. The minimum atomic E-state index is -3.49. The van der Waals surface area contributed by atoms with Crippen molar-refractivity contribution in [2.24, 2.45) is 0 Å². The molecule has 2 aliphatic carbocycles. The topological polar surface area (TPSA) is 59.3 Å². The first-order chi connectivity index (χ1) is 10.6. The molecule has 1 aromatic heterocycles. The Labute approximate surface area is 130 Å². The first kappa shape index (κ1) is 14.0. The number of hydrogen-bond acceptors (Lipinski definition) is 3. The Balaban J connectivity index is 1.63. The molecule has 0 unspecified atom stereocenters. The zero-order valence-corrected chi connectivity index (χ0v) is 13.2. The highest BCUT2D eigenvalue weighted by Gasteiger charge is 2.28. The lowest BCUT2D eigenvalue weighted by molar-refractivity contribution is 0.438. The lowest BCUT2D eigenvalue weighted by Gasteiger charge is -2.22. The summed E-state index contributed by atoms with van der Waals surface area (Å²) in [5.41, 5.74) is 3.44. The summed E-state index contributed by atoms with van der Waals surface area (Å²) in [6.45, 7) is 0. The maximum absolute atomic E-state index is 12.7. The van der Waals surface area contributed by atoms with Crippen LogP contribution in [0.2, 0.25) is 0 Å². The molecule has 4 nitrogen and oxygen atoms in total. The fraction of sp³-hybridized carbons (Fsp3) is 0.412. The third-order valence-corrected chi connectivity index (χ3v) is 6.20. The molecular weight excluding hydrogens is 298 g/mol. The van der Waals surface area contributed by atoms with Crippen LogP contribution < -0.4 is 4.72 Å². The van der Waals surface area contributed by atoms with Gasteiger partial charge in [-0.15, -0.1) is 0 Å². The second kappa shape index (κ2) is 5.25. The van der Waals surface area contributed by atoms with Crippen LogP contribution in [0.25, 0.3) is 0 Å². The van der Waals surface area contributed by atoms with Gasteiger partial charge < -0.3 is 4.42 Å². The minimum absolute atomic E-state index is 0.180. The largest absolute Gasteiger partial charge is 0.469 e. The summed E-state index contributed by atoms with van der Waals surface area (Å²) in [6, 6.07) is 7.22. The Morgan fingerprint density at radius 3 is 2.82 bits per heavy atom. The maximum Gasteiger partial charge on any atom is 0.241 e. The maximum atomic E-state index is 12.7. The van der Waals surface area contributed by atoms with Crippen LogP contribution >= 0.6 is 0 Å². The van der Waals surface area contributed by atoms with Crippen LogP contribution in [-0.2, 0) is 29.3 Å². The zero-order valence-electron chi connectivity index (χ0n) is 12.3. The number of fused-ring (bicyclic) bond motifs is 2. The standard InChI is InChI=1S/C17H19NO3S/c19-22(20,14-8-7-12-3-1-4-13(12)11-14)18-16-5-2-6-17-15(16)9-10-21-17/h7-11,16,18H,1-6H2/t16-/m1/s1. The highest BCUT2D eigenvalue weighted by Crippen LogP contribution is 2.32. The van der Waals surface area contributed by atoms with Crippen molar-refractivity contribution in [1.82, 2.24) is 4.72 Å². The molecule has 0 saturated heterocycles. The van der Waals surface area contributed by atoms with Gasteiger partial charge in [-0.1, -0.05) is 6.07 Å². The number of rotatable bonds is 3. The first-order valence-electron chi connectivity index (χ1n) is 7.84. The smallest absolute Gasteiger partial charge is 0.241 e. The van der Waals surface area contributed by atoms with Crippen molar-refractivity contribution >= 4 is 10.0 Å². The summed E-state index contributed by atoms with van der Waals surface area (Å²) in [5, 5.41) is 0. The lowest BCUT2D eigenvalue weighted by Crippen LogP contribution is -2.30. The number of nitrogens with one attached hydrogen (secondary N) is 1. The van der Waals surface area contributed by atoms with Crippen LogP contribution in [0.1, 0.15) is 47.8 Å². The fourth-order valence-corrected chi connectivity index (χ4v) is 4.88. The van der Waals surface area contributed by atoms with E-state index < -0.39 is 10.0 Å². The van der Waals surface area contributed by atoms with Gasteiger partial charge in [0.2, 0.25) is 10.0 Å². The summed E-state index contributed by atoms with van der Waals surface area (Å²) in [4.78, 5) is 0.378. The number of benzene rings is 1. The third-order valence-electron chi connectivity index (χ3n) is 4.73. The van der Waals surface area contributed by atoms with Crippen molar-refractivity contribution in [3.63, 3.8) is 0 Å². The molecule has 0 spiro atoms. The van der Waals surface area contributed by atoms with Crippen molar-refractivity contribution in [2.75, 3.05) is 0 Å². The summed E-state index contributed by atoms with van der Waals surface area (Å²) >= 11 is 0. The molecule has 116 valence electrons. The summed E-state index contributed by atoms with van der Waals surface area (Å²) < 4.78 is 33.7. The molecule has 0 aliphatic heterocycles. The van der Waals surface area contributed by atoms with Gasteiger partial charge >= 0.3 is 0 Å². The quantitative estimate of drug-likeness (QED) is 0.946. The van der Waals surface area contributed by atoms with Crippen LogP contribution in [0.5, 0.6) is 0 Å². The molecule has 2 aromatic rings. The number of aryl methyl sites for hydroxylation is 3. The average Bonchev–Trinajstić information content (AvgIpc) is 3.15. The molecule has 1 aromatic carbocycles. The van der Waals surface area contributed by atoms with Gasteiger partial charge in [-0.05, 0) is 61.4 Å². The van der Waals surface area contributed by atoms with Crippen molar-refractivity contribution in [1.29, 1.82) is 0 Å². The van der Waals surface area contributed by atoms with Gasteiger partial charge in [0.1, 0.15) is 5.76 Å². The van der Waals surface area contributed by atoms with Gasteiger partial charge in [0.05, 0.1) is 17.2 Å². The van der Waals surface area contributed by atoms with Gasteiger partial charge in [0.15, 0.2) is 0 Å². The van der Waals surface area contributed by atoms with Crippen LogP contribution in [0.3, 0.4) is 0 Å². The van der Waals surface area contributed by atoms with E-state index in [2.05, 4.69) is 4.72 Å². The first-order valence-corrected chi connectivity index (χ1v) is 9.32. The second-order valence-electron chi connectivity index (χ2n) is 6.15. The average molecular weight is 317 g/mol. The number of furan rings is 1. The van der Waals surface area contributed by atoms with Crippen molar-refractivity contribution in [2.45, 2.75) is 49.5 Å². The summed E-state index contributed by atoms with van der Waals surface area (Å²) in [5.74, 6) is 0.910. The minimum Gasteiger partial charge on any atom is -0.469 e. The zero-order chi connectivity index (χ0) is 15.2. The molecule has 0 saturated carbocycles. The third kappa shape index (κ3) is 2.38. The Hall–Kier alpha value is -1.59. The van der Waals surface area contributed by atoms with E-state index >= 15 is 0 Å². The molecule has 0 amide bonds. The molecular formula is C17H19NO3S. The molecule has 1 atom stereocenters. The predicted molar refractivity (Wildman–Crippen MR) is 83.2 cm³/mol. The molecule has 2 aliphatic rings. The van der Waals surface area contributed by atoms with E-state index in [4.69, 9.17) is 4.42 Å². The molecule has 0 fully saturated rings. The van der Waals surface area contributed by atoms with E-state index in [0.717, 1.165) is 49.8 Å². The van der Waals surface area contributed by atoms with Gasteiger partial charge in [0.25, 0.3) is 0 Å². The normalized spacial score (nSPS) is 20.6. The molecule has 1 N–H and O–H groups in total. The van der Waals surface area contributed by atoms with E-state index in [-0.39, 0.29) is 6.04 Å². The van der Waals surface area contributed by atoms with Gasteiger partial charge in [-0.3, -0.25) is 0 Å². The highest BCUT2D eigenvalue weighted by atomic mass is 32.2. The van der Waals surface area contributed by atoms with E-state index in [1.807, 2.05) is 18.2 Å². The van der Waals surface area contributed by atoms with Gasteiger partial charge in [0, 0.05) is 12.0 Å². The second-order valence-corrected chi connectivity index (χ2v) is 7.86. The van der Waals surface area contributed by atoms with E-state index in [1.165, 1.54) is 11.1 Å². The molecule has 5 heteroatoms. The lowest BCUT2D eigenvalue weighted by atomic mass is 9.94. The van der Waals surface area contributed by atoms with Crippen LogP contribution in [-0.4, -0.2) is 8.42 Å². The SMILES string of the molecule is O=S(=O)(N[C@@H]1CCCc2occc21)c1ccc2c(c1)CCC2. The predicted octanol–water partition coefficient (Wildman–Crippen LogP) is 3.12. The van der Waals surface area contributed by atoms with Gasteiger partial charge in [-0.25, -0.2) is 13.1 Å². The van der Waals surface area contributed by atoms with E-state index in [0.29, 0.717) is 4.90 Å². The molecule has 0 radical (unpaired) electrons. The van der Waals surface area contributed by atoms with E-state index in [9.17, 15) is 8.42 Å². The molecule has 22 heavy (non-hydrogen) atoms. The van der Waals surface area contributed by atoms with E-state index in [1.54, 1.807) is 12.3 Å².